The zero-order valence-electron chi connectivity index (χ0n) is 14.4. The van der Waals surface area contributed by atoms with Crippen molar-refractivity contribution in [1.82, 2.24) is 5.32 Å². The van der Waals surface area contributed by atoms with Crippen LogP contribution in [0.2, 0.25) is 0 Å². The molecule has 7 nitrogen and oxygen atoms in total. The van der Waals surface area contributed by atoms with Gasteiger partial charge < -0.3 is 21.7 Å². The molecular formula is C19H19FN4O3. The molecule has 27 heavy (non-hydrogen) atoms. The Morgan fingerprint density at radius 2 is 1.85 bits per heavy atom. The fourth-order valence-electron chi connectivity index (χ4n) is 2.45. The highest BCUT2D eigenvalue weighted by atomic mass is 19.1. The zero-order valence-corrected chi connectivity index (χ0v) is 14.4. The monoisotopic (exact) mass is 370 g/mol. The SMILES string of the molecule is NC(=O)c1ccc(NCC(=O)Nc2cccc(C(=O)NC3CC3)c2)cc1F. The molecule has 140 valence electrons. The normalized spacial score (nSPS) is 12.9. The molecule has 1 saturated carbocycles. The second-order valence-corrected chi connectivity index (χ2v) is 6.29. The van der Waals surface area contributed by atoms with Gasteiger partial charge in [0.05, 0.1) is 12.1 Å². The van der Waals surface area contributed by atoms with Crippen molar-refractivity contribution >= 4 is 29.1 Å². The number of nitrogens with one attached hydrogen (secondary N) is 3. The van der Waals surface area contributed by atoms with Gasteiger partial charge >= 0.3 is 0 Å². The van der Waals surface area contributed by atoms with Crippen molar-refractivity contribution in [2.45, 2.75) is 18.9 Å². The Hall–Kier alpha value is -3.42. The Balaban J connectivity index is 1.55. The van der Waals surface area contributed by atoms with E-state index in [1.54, 1.807) is 24.3 Å². The highest BCUT2D eigenvalue weighted by Crippen LogP contribution is 2.20. The van der Waals surface area contributed by atoms with Gasteiger partial charge in [0.15, 0.2) is 0 Å². The van der Waals surface area contributed by atoms with Crippen LogP contribution >= 0.6 is 0 Å². The van der Waals surface area contributed by atoms with Crippen molar-refractivity contribution in [3.63, 3.8) is 0 Å². The minimum atomic E-state index is -0.859. The minimum absolute atomic E-state index is 0.117. The second kappa shape index (κ2) is 7.86. The first-order valence-corrected chi connectivity index (χ1v) is 8.46. The molecule has 0 saturated heterocycles. The molecule has 0 unspecified atom stereocenters. The van der Waals surface area contributed by atoms with Gasteiger partial charge in [-0.05, 0) is 49.2 Å². The number of rotatable bonds is 7. The average Bonchev–Trinajstić information content (AvgIpc) is 3.44. The number of carbonyl (C=O) groups excluding carboxylic acids is 3. The predicted octanol–water partition coefficient (Wildman–Crippen LogP) is 1.87. The smallest absolute Gasteiger partial charge is 0.251 e. The van der Waals surface area contributed by atoms with E-state index in [9.17, 15) is 18.8 Å². The van der Waals surface area contributed by atoms with Gasteiger partial charge in [0.1, 0.15) is 5.82 Å². The minimum Gasteiger partial charge on any atom is -0.376 e. The Kier molecular flexibility index (Phi) is 5.35. The Labute approximate surface area is 155 Å². The number of anilines is 2. The fourth-order valence-corrected chi connectivity index (χ4v) is 2.45. The Morgan fingerprint density at radius 1 is 1.07 bits per heavy atom. The maximum atomic E-state index is 13.7. The molecular weight excluding hydrogens is 351 g/mol. The topological polar surface area (TPSA) is 113 Å². The maximum absolute atomic E-state index is 13.7. The molecule has 0 aromatic heterocycles. The van der Waals surface area contributed by atoms with Crippen molar-refractivity contribution in [3.8, 4) is 0 Å². The summed E-state index contributed by atoms with van der Waals surface area (Å²) >= 11 is 0. The number of nitrogens with two attached hydrogens (primary N) is 1. The number of amides is 3. The quantitative estimate of drug-likeness (QED) is 0.596. The summed E-state index contributed by atoms with van der Waals surface area (Å²) < 4.78 is 13.7. The van der Waals surface area contributed by atoms with E-state index in [1.807, 2.05) is 0 Å². The molecule has 0 spiro atoms. The van der Waals surface area contributed by atoms with Crippen LogP contribution in [0.15, 0.2) is 42.5 Å². The van der Waals surface area contributed by atoms with Gasteiger partial charge in [0.2, 0.25) is 5.91 Å². The van der Waals surface area contributed by atoms with Gasteiger partial charge in [0, 0.05) is 23.0 Å². The lowest BCUT2D eigenvalue weighted by molar-refractivity contribution is -0.114. The summed E-state index contributed by atoms with van der Waals surface area (Å²) in [7, 11) is 0. The standard InChI is InChI=1S/C19H19FN4O3/c20-16-9-13(6-7-15(16)18(21)26)22-10-17(25)23-14-3-1-2-11(8-14)19(27)24-12-4-5-12/h1-3,6-9,12,22H,4-5,10H2,(H2,21,26)(H,23,25)(H,24,27). The molecule has 2 aromatic rings. The van der Waals surface area contributed by atoms with Crippen LogP contribution in [0.4, 0.5) is 15.8 Å². The van der Waals surface area contributed by atoms with Crippen molar-refractivity contribution in [3.05, 3.63) is 59.4 Å². The van der Waals surface area contributed by atoms with E-state index in [0.717, 1.165) is 18.9 Å². The van der Waals surface area contributed by atoms with Gasteiger partial charge in [-0.25, -0.2) is 4.39 Å². The molecule has 0 radical (unpaired) electrons. The highest BCUT2D eigenvalue weighted by molar-refractivity contribution is 5.98. The van der Waals surface area contributed by atoms with E-state index >= 15 is 0 Å². The highest BCUT2D eigenvalue weighted by Gasteiger charge is 2.23. The van der Waals surface area contributed by atoms with Crippen LogP contribution in [0.3, 0.4) is 0 Å². The molecule has 0 aliphatic heterocycles. The summed E-state index contributed by atoms with van der Waals surface area (Å²) in [5, 5.41) is 8.31. The third-order valence-electron chi connectivity index (χ3n) is 4.01. The van der Waals surface area contributed by atoms with Crippen LogP contribution in [-0.4, -0.2) is 30.3 Å². The lowest BCUT2D eigenvalue weighted by atomic mass is 10.2. The third kappa shape index (κ3) is 5.04. The van der Waals surface area contributed by atoms with Gasteiger partial charge in [0.25, 0.3) is 11.8 Å². The number of carbonyl (C=O) groups is 3. The van der Waals surface area contributed by atoms with Crippen molar-refractivity contribution < 1.29 is 18.8 Å². The first kappa shape index (κ1) is 18.4. The van der Waals surface area contributed by atoms with E-state index < -0.39 is 11.7 Å². The number of hydrogen-bond donors (Lipinski definition) is 4. The van der Waals surface area contributed by atoms with Crippen LogP contribution in [0.25, 0.3) is 0 Å². The van der Waals surface area contributed by atoms with E-state index in [1.165, 1.54) is 12.1 Å². The second-order valence-electron chi connectivity index (χ2n) is 6.29. The van der Waals surface area contributed by atoms with Crippen molar-refractivity contribution in [2.75, 3.05) is 17.2 Å². The molecule has 0 atom stereocenters. The number of hydrogen-bond acceptors (Lipinski definition) is 4. The van der Waals surface area contributed by atoms with Crippen LogP contribution in [-0.2, 0) is 4.79 Å². The Bertz CT molecular complexity index is 896. The molecule has 0 bridgehead atoms. The summed E-state index contributed by atoms with van der Waals surface area (Å²) in [4.78, 5) is 35.1. The fraction of sp³-hybridized carbons (Fsp3) is 0.211. The van der Waals surface area contributed by atoms with E-state index in [-0.39, 0.29) is 30.0 Å². The van der Waals surface area contributed by atoms with Gasteiger partial charge in [-0.3, -0.25) is 14.4 Å². The molecule has 3 rings (SSSR count). The molecule has 2 aromatic carbocycles. The number of benzene rings is 2. The molecule has 3 amide bonds. The van der Waals surface area contributed by atoms with Gasteiger partial charge in [-0.2, -0.15) is 0 Å². The molecule has 1 aliphatic rings. The molecule has 1 fully saturated rings. The van der Waals surface area contributed by atoms with Crippen LogP contribution < -0.4 is 21.7 Å². The largest absolute Gasteiger partial charge is 0.376 e. The predicted molar refractivity (Wildman–Crippen MR) is 99.0 cm³/mol. The molecule has 8 heteroatoms. The van der Waals surface area contributed by atoms with Gasteiger partial charge in [-0.1, -0.05) is 6.07 Å². The van der Waals surface area contributed by atoms with Crippen molar-refractivity contribution in [2.24, 2.45) is 5.73 Å². The lowest BCUT2D eigenvalue weighted by Gasteiger charge is -2.10. The first-order valence-electron chi connectivity index (χ1n) is 8.46. The summed E-state index contributed by atoms with van der Waals surface area (Å²) in [6.07, 6.45) is 1.99. The number of halogens is 1. The summed E-state index contributed by atoms with van der Waals surface area (Å²) in [6, 6.07) is 10.7. The van der Waals surface area contributed by atoms with Crippen LogP contribution in [0, 0.1) is 5.82 Å². The molecule has 1 aliphatic carbocycles. The first-order chi connectivity index (χ1) is 12.9. The Morgan fingerprint density at radius 3 is 2.52 bits per heavy atom. The third-order valence-corrected chi connectivity index (χ3v) is 4.01. The summed E-state index contributed by atoms with van der Waals surface area (Å²) in [5.74, 6) is -2.16. The molecule has 5 N–H and O–H groups in total. The molecule has 0 heterocycles. The van der Waals surface area contributed by atoms with E-state index in [2.05, 4.69) is 16.0 Å². The van der Waals surface area contributed by atoms with Crippen LogP contribution in [0.1, 0.15) is 33.6 Å². The van der Waals surface area contributed by atoms with Crippen molar-refractivity contribution in [1.29, 1.82) is 0 Å². The zero-order chi connectivity index (χ0) is 19.4. The van der Waals surface area contributed by atoms with E-state index in [4.69, 9.17) is 5.73 Å². The average molecular weight is 370 g/mol. The summed E-state index contributed by atoms with van der Waals surface area (Å²) in [5.41, 5.74) is 6.12. The number of primary amides is 1. The van der Waals surface area contributed by atoms with Gasteiger partial charge in [-0.15, -0.1) is 0 Å². The summed E-state index contributed by atoms with van der Waals surface area (Å²) in [6.45, 7) is -0.117. The van der Waals surface area contributed by atoms with E-state index in [0.29, 0.717) is 16.9 Å². The lowest BCUT2D eigenvalue weighted by Crippen LogP contribution is -2.26. The maximum Gasteiger partial charge on any atom is 0.251 e. The van der Waals surface area contributed by atoms with Crippen LogP contribution in [0.5, 0.6) is 0 Å².